The molecule has 5 rings (SSSR count). The molecule has 0 aliphatic carbocycles. The van der Waals surface area contributed by atoms with Gasteiger partial charge in [0.05, 0.1) is 19.5 Å². The lowest BCUT2D eigenvalue weighted by atomic mass is 10.0. The molecule has 0 amide bonds. The van der Waals surface area contributed by atoms with Crippen LogP contribution in [-0.2, 0) is 4.74 Å². The van der Waals surface area contributed by atoms with Gasteiger partial charge in [0, 0.05) is 5.56 Å². The summed E-state index contributed by atoms with van der Waals surface area (Å²) in [6.45, 7) is 2.90. The molecule has 3 aromatic heterocycles. The quantitative estimate of drug-likeness (QED) is 0.546. The van der Waals surface area contributed by atoms with Gasteiger partial charge in [0.15, 0.2) is 11.8 Å². The van der Waals surface area contributed by atoms with Crippen LogP contribution in [-0.4, -0.2) is 46.0 Å². The normalized spacial score (nSPS) is 16.6. The number of thiazole rings is 1. The van der Waals surface area contributed by atoms with Crippen molar-refractivity contribution in [2.45, 2.75) is 6.04 Å². The van der Waals surface area contributed by atoms with E-state index in [4.69, 9.17) is 9.15 Å². The van der Waals surface area contributed by atoms with Gasteiger partial charge in [0.25, 0.3) is 0 Å². The fourth-order valence-corrected chi connectivity index (χ4v) is 4.74. The molecular weight excluding hydrogens is 383 g/mol. The van der Waals surface area contributed by atoms with E-state index in [1.165, 1.54) is 32.9 Å². The van der Waals surface area contributed by atoms with Gasteiger partial charge in [-0.3, -0.25) is 0 Å². The molecule has 9 heteroatoms. The topological polar surface area (TPSA) is 77.2 Å². The number of morpholine rings is 1. The molecule has 1 saturated heterocycles. The number of furan rings is 1. The first-order valence-corrected chi connectivity index (χ1v) is 9.82. The first-order chi connectivity index (χ1) is 13.7. The molecule has 0 saturated carbocycles. The highest BCUT2D eigenvalue weighted by molar-refractivity contribution is 7.17. The Hall–Kier alpha value is -2.75. The molecule has 1 fully saturated rings. The van der Waals surface area contributed by atoms with Gasteiger partial charge in [0.1, 0.15) is 23.8 Å². The number of ether oxygens (including phenoxy) is 1. The van der Waals surface area contributed by atoms with Gasteiger partial charge in [0.2, 0.25) is 16.7 Å². The van der Waals surface area contributed by atoms with Crippen LogP contribution in [0.2, 0.25) is 0 Å². The van der Waals surface area contributed by atoms with Gasteiger partial charge in [-0.05, 0) is 36.4 Å². The Morgan fingerprint density at radius 2 is 1.96 bits per heavy atom. The Balaban J connectivity index is 1.59. The van der Waals surface area contributed by atoms with Crippen molar-refractivity contribution in [2.75, 3.05) is 26.3 Å². The summed E-state index contributed by atoms with van der Waals surface area (Å²) in [5, 5.41) is 15.3. The van der Waals surface area contributed by atoms with Gasteiger partial charge in [-0.2, -0.15) is 9.50 Å². The smallest absolute Gasteiger partial charge is 0.235 e. The summed E-state index contributed by atoms with van der Waals surface area (Å²) in [6, 6.07) is 9.83. The van der Waals surface area contributed by atoms with Crippen molar-refractivity contribution >= 4 is 16.3 Å². The molecule has 4 aromatic rings. The highest BCUT2D eigenvalue weighted by Crippen LogP contribution is 2.36. The van der Waals surface area contributed by atoms with Crippen molar-refractivity contribution in [3.63, 3.8) is 0 Å². The maximum atomic E-state index is 13.5. The van der Waals surface area contributed by atoms with E-state index in [1.54, 1.807) is 30.5 Å². The minimum absolute atomic E-state index is 0.0543. The SMILES string of the molecule is Oc1c([C@@H](c2ccc(F)cc2)[NH+]2CCOCC2)sc2nc(-c3ccco3)nn12. The second-order valence-electron chi connectivity index (χ2n) is 6.65. The summed E-state index contributed by atoms with van der Waals surface area (Å²) in [5.74, 6) is 0.744. The first kappa shape index (κ1) is 17.4. The number of rotatable bonds is 4. The van der Waals surface area contributed by atoms with E-state index in [0.717, 1.165) is 23.5 Å². The van der Waals surface area contributed by atoms with Gasteiger partial charge in [-0.25, -0.2) is 4.39 Å². The fraction of sp³-hybridized carbons (Fsp3) is 0.263. The van der Waals surface area contributed by atoms with Crippen molar-refractivity contribution in [1.29, 1.82) is 0 Å². The van der Waals surface area contributed by atoms with Crippen LogP contribution in [0.3, 0.4) is 0 Å². The average molecular weight is 401 g/mol. The van der Waals surface area contributed by atoms with Crippen LogP contribution in [0, 0.1) is 5.82 Å². The van der Waals surface area contributed by atoms with Crippen LogP contribution < -0.4 is 4.90 Å². The standard InChI is InChI=1S/C19H17FN4O3S/c20-13-5-3-12(4-6-13)15(23-7-10-26-11-8-23)16-18(25)24-19(28-16)21-17(22-24)14-2-1-9-27-14/h1-6,9,15,25H,7-8,10-11H2/p+1/t15-/m1/s1. The third-order valence-electron chi connectivity index (χ3n) is 4.95. The molecule has 0 spiro atoms. The maximum absolute atomic E-state index is 13.5. The third kappa shape index (κ3) is 2.97. The van der Waals surface area contributed by atoms with E-state index >= 15 is 0 Å². The highest BCUT2D eigenvalue weighted by atomic mass is 32.1. The molecule has 1 atom stereocenters. The second-order valence-corrected chi connectivity index (χ2v) is 7.66. The summed E-state index contributed by atoms with van der Waals surface area (Å²) in [5.41, 5.74) is 0.935. The zero-order valence-corrected chi connectivity index (χ0v) is 15.7. The van der Waals surface area contributed by atoms with E-state index < -0.39 is 0 Å². The van der Waals surface area contributed by atoms with Crippen LogP contribution in [0.25, 0.3) is 16.5 Å². The second kappa shape index (κ2) is 7.01. The summed E-state index contributed by atoms with van der Waals surface area (Å²) in [6.07, 6.45) is 1.56. The summed E-state index contributed by atoms with van der Waals surface area (Å²) in [4.78, 5) is 7.08. The van der Waals surface area contributed by atoms with E-state index in [2.05, 4.69) is 10.1 Å². The van der Waals surface area contributed by atoms with Crippen molar-refractivity contribution < 1.29 is 23.6 Å². The molecule has 0 bridgehead atoms. The van der Waals surface area contributed by atoms with Crippen molar-refractivity contribution in [3.8, 4) is 17.5 Å². The van der Waals surface area contributed by atoms with Gasteiger partial charge in [-0.1, -0.05) is 11.3 Å². The lowest BCUT2D eigenvalue weighted by molar-refractivity contribution is -0.932. The zero-order chi connectivity index (χ0) is 19.1. The first-order valence-electron chi connectivity index (χ1n) is 9.01. The van der Waals surface area contributed by atoms with Crippen LogP contribution in [0.1, 0.15) is 16.5 Å². The number of hydrogen-bond donors (Lipinski definition) is 2. The summed E-state index contributed by atoms with van der Waals surface area (Å²) in [7, 11) is 0. The number of aromatic nitrogens is 3. The van der Waals surface area contributed by atoms with E-state index in [0.29, 0.717) is 29.8 Å². The van der Waals surface area contributed by atoms with Crippen molar-refractivity contribution in [2.24, 2.45) is 0 Å². The van der Waals surface area contributed by atoms with E-state index in [1.807, 2.05) is 0 Å². The van der Waals surface area contributed by atoms with Crippen molar-refractivity contribution in [3.05, 3.63) is 58.9 Å². The summed E-state index contributed by atoms with van der Waals surface area (Å²) < 4.78 is 25.7. The molecule has 1 aromatic carbocycles. The fourth-order valence-electron chi connectivity index (χ4n) is 3.60. The molecule has 2 N–H and O–H groups in total. The Morgan fingerprint density at radius 1 is 1.18 bits per heavy atom. The molecule has 4 heterocycles. The molecule has 7 nitrogen and oxygen atoms in total. The van der Waals surface area contributed by atoms with E-state index in [9.17, 15) is 9.50 Å². The number of aromatic hydroxyl groups is 1. The highest BCUT2D eigenvalue weighted by Gasteiger charge is 2.34. The lowest BCUT2D eigenvalue weighted by Crippen LogP contribution is -3.14. The van der Waals surface area contributed by atoms with Crippen LogP contribution in [0.15, 0.2) is 47.1 Å². The number of quaternary nitrogens is 1. The van der Waals surface area contributed by atoms with Crippen molar-refractivity contribution in [1.82, 2.24) is 14.6 Å². The molecule has 0 unspecified atom stereocenters. The molecule has 28 heavy (non-hydrogen) atoms. The van der Waals surface area contributed by atoms with Gasteiger partial charge >= 0.3 is 0 Å². The van der Waals surface area contributed by atoms with Crippen LogP contribution in [0.4, 0.5) is 4.39 Å². The Bertz CT molecular complexity index is 1080. The lowest BCUT2D eigenvalue weighted by Gasteiger charge is -2.31. The minimum atomic E-state index is -0.283. The number of fused-ring (bicyclic) bond motifs is 1. The third-order valence-corrected chi connectivity index (χ3v) is 6.04. The summed E-state index contributed by atoms with van der Waals surface area (Å²) >= 11 is 1.39. The number of nitrogens with zero attached hydrogens (tertiary/aromatic N) is 3. The van der Waals surface area contributed by atoms with Gasteiger partial charge < -0.3 is 19.2 Å². The predicted molar refractivity (Wildman–Crippen MR) is 100.0 cm³/mol. The maximum Gasteiger partial charge on any atom is 0.235 e. The Morgan fingerprint density at radius 3 is 2.64 bits per heavy atom. The molecule has 144 valence electrons. The van der Waals surface area contributed by atoms with E-state index in [-0.39, 0.29) is 17.7 Å². The average Bonchev–Trinajstić information content (AvgIpc) is 3.43. The minimum Gasteiger partial charge on any atom is -0.492 e. The number of benzene rings is 1. The zero-order valence-electron chi connectivity index (χ0n) is 14.8. The Kier molecular flexibility index (Phi) is 4.34. The monoisotopic (exact) mass is 401 g/mol. The molecule has 1 aliphatic heterocycles. The molecular formula is C19H18FN4O3S+. The Labute approximate surface area is 163 Å². The predicted octanol–water partition coefficient (Wildman–Crippen LogP) is 1.90. The van der Waals surface area contributed by atoms with Crippen LogP contribution >= 0.6 is 11.3 Å². The van der Waals surface area contributed by atoms with Gasteiger partial charge in [-0.15, -0.1) is 5.10 Å². The number of halogens is 1. The largest absolute Gasteiger partial charge is 0.492 e. The molecule has 1 aliphatic rings. The molecule has 0 radical (unpaired) electrons. The number of hydrogen-bond acceptors (Lipinski definition) is 6. The number of nitrogens with one attached hydrogen (secondary N) is 1. The van der Waals surface area contributed by atoms with Crippen LogP contribution in [0.5, 0.6) is 5.88 Å².